The molecule has 108 valence electrons. The summed E-state index contributed by atoms with van der Waals surface area (Å²) in [5, 5.41) is 14.9. The minimum Gasteiger partial charge on any atom is -0.545 e. The van der Waals surface area contributed by atoms with E-state index in [1.165, 1.54) is 28.8 Å². The van der Waals surface area contributed by atoms with Crippen molar-refractivity contribution in [1.82, 2.24) is 0 Å². The van der Waals surface area contributed by atoms with Gasteiger partial charge in [-0.05, 0) is 49.6 Å². The van der Waals surface area contributed by atoms with Crippen molar-refractivity contribution in [2.75, 3.05) is 5.43 Å². The number of carbonyl (C=O) groups excluding carboxylic acids is 1. The van der Waals surface area contributed by atoms with Gasteiger partial charge in [-0.2, -0.15) is 5.10 Å². The van der Waals surface area contributed by atoms with Crippen molar-refractivity contribution < 1.29 is 9.90 Å². The van der Waals surface area contributed by atoms with Crippen molar-refractivity contribution in [3.63, 3.8) is 0 Å². The number of hydrogen-bond acceptors (Lipinski definition) is 4. The van der Waals surface area contributed by atoms with Gasteiger partial charge in [-0.3, -0.25) is 5.43 Å². The highest BCUT2D eigenvalue weighted by atomic mass is 16.4. The number of aryl methyl sites for hydroxylation is 3. The molecule has 0 radical (unpaired) electrons. The van der Waals surface area contributed by atoms with Crippen molar-refractivity contribution in [1.29, 1.82) is 0 Å². The quantitative estimate of drug-likeness (QED) is 0.691. The molecule has 0 atom stereocenters. The molecule has 0 aromatic heterocycles. The van der Waals surface area contributed by atoms with Crippen LogP contribution in [-0.4, -0.2) is 12.2 Å². The molecule has 0 aliphatic heterocycles. The van der Waals surface area contributed by atoms with E-state index in [0.29, 0.717) is 0 Å². The number of nitrogens with zero attached hydrogens (tertiary/aromatic N) is 1. The first-order valence-electron chi connectivity index (χ1n) is 6.65. The fourth-order valence-electron chi connectivity index (χ4n) is 2.25. The zero-order chi connectivity index (χ0) is 15.4. The van der Waals surface area contributed by atoms with Gasteiger partial charge >= 0.3 is 0 Å². The number of carboxylic acid groups (broad SMARTS) is 1. The molecule has 4 nitrogen and oxygen atoms in total. The summed E-state index contributed by atoms with van der Waals surface area (Å²) >= 11 is 0. The number of benzene rings is 2. The standard InChI is InChI=1S/C17H18N2O2/c1-11-8-12(2)16(13(3)9-11)10-18-19-15-6-4-14(5-7-15)17(20)21/h4-10,19H,1-3H3,(H,20,21)/p-1/b18-10-. The predicted octanol–water partition coefficient (Wildman–Crippen LogP) is 2.42. The number of hydrogen-bond donors (Lipinski definition) is 1. The van der Waals surface area contributed by atoms with Gasteiger partial charge in [-0.1, -0.05) is 29.8 Å². The van der Waals surface area contributed by atoms with Crippen LogP contribution < -0.4 is 10.5 Å². The monoisotopic (exact) mass is 281 g/mol. The van der Waals surface area contributed by atoms with E-state index in [1.54, 1.807) is 18.3 Å². The smallest absolute Gasteiger partial charge is 0.0715 e. The van der Waals surface area contributed by atoms with E-state index < -0.39 is 5.97 Å². The molecule has 2 aromatic carbocycles. The van der Waals surface area contributed by atoms with Crippen LogP contribution in [0, 0.1) is 20.8 Å². The number of aromatic carboxylic acids is 1. The lowest BCUT2D eigenvalue weighted by Crippen LogP contribution is -2.21. The van der Waals surface area contributed by atoms with Crippen molar-refractivity contribution in [3.05, 3.63) is 64.2 Å². The Morgan fingerprint density at radius 2 is 1.67 bits per heavy atom. The summed E-state index contributed by atoms with van der Waals surface area (Å²) in [5.41, 5.74) is 8.41. The predicted molar refractivity (Wildman–Crippen MR) is 82.6 cm³/mol. The largest absolute Gasteiger partial charge is 0.545 e. The zero-order valence-electron chi connectivity index (χ0n) is 12.3. The Labute approximate surface area is 124 Å². The summed E-state index contributed by atoms with van der Waals surface area (Å²) in [6.45, 7) is 6.17. The van der Waals surface area contributed by atoms with Crippen molar-refractivity contribution >= 4 is 17.9 Å². The van der Waals surface area contributed by atoms with Crippen LogP contribution in [0.15, 0.2) is 41.5 Å². The molecule has 0 bridgehead atoms. The molecule has 4 heteroatoms. The molecular weight excluding hydrogens is 264 g/mol. The topological polar surface area (TPSA) is 64.5 Å². The van der Waals surface area contributed by atoms with Gasteiger partial charge in [0.2, 0.25) is 0 Å². The van der Waals surface area contributed by atoms with Crippen LogP contribution in [0.3, 0.4) is 0 Å². The molecule has 0 spiro atoms. The SMILES string of the molecule is Cc1cc(C)c(/C=N\Nc2ccc(C(=O)[O-])cc2)c(C)c1. The van der Waals surface area contributed by atoms with Crippen molar-refractivity contribution in [2.24, 2.45) is 5.10 Å². The Hall–Kier alpha value is -2.62. The maximum absolute atomic E-state index is 10.7. The van der Waals surface area contributed by atoms with E-state index in [4.69, 9.17) is 0 Å². The normalized spacial score (nSPS) is 10.8. The van der Waals surface area contributed by atoms with Gasteiger partial charge in [-0.15, -0.1) is 0 Å². The van der Waals surface area contributed by atoms with Gasteiger partial charge < -0.3 is 9.90 Å². The zero-order valence-corrected chi connectivity index (χ0v) is 12.3. The first kappa shape index (κ1) is 14.8. The first-order valence-corrected chi connectivity index (χ1v) is 6.65. The summed E-state index contributed by atoms with van der Waals surface area (Å²) in [6, 6.07) is 10.5. The molecular formula is C17H17N2O2-. The molecule has 0 saturated heterocycles. The van der Waals surface area contributed by atoms with E-state index in [9.17, 15) is 9.90 Å². The van der Waals surface area contributed by atoms with E-state index in [0.717, 1.165) is 11.3 Å². The molecule has 0 heterocycles. The van der Waals surface area contributed by atoms with Crippen LogP contribution in [0.4, 0.5) is 5.69 Å². The molecule has 1 N–H and O–H groups in total. The van der Waals surface area contributed by atoms with E-state index >= 15 is 0 Å². The lowest BCUT2D eigenvalue weighted by atomic mass is 10.0. The Balaban J connectivity index is 2.11. The van der Waals surface area contributed by atoms with Crippen LogP contribution in [0.5, 0.6) is 0 Å². The van der Waals surface area contributed by atoms with Gasteiger partial charge in [0, 0.05) is 5.56 Å². The summed E-state index contributed by atoms with van der Waals surface area (Å²) in [7, 11) is 0. The molecule has 0 saturated carbocycles. The molecule has 0 amide bonds. The Bertz CT molecular complexity index is 665. The highest BCUT2D eigenvalue weighted by molar-refractivity contribution is 5.86. The number of carboxylic acids is 1. The van der Waals surface area contributed by atoms with Gasteiger partial charge in [-0.25, -0.2) is 0 Å². The summed E-state index contributed by atoms with van der Waals surface area (Å²) in [5.74, 6) is -1.18. The maximum Gasteiger partial charge on any atom is 0.0715 e. The molecule has 2 aromatic rings. The van der Waals surface area contributed by atoms with Crippen LogP contribution in [-0.2, 0) is 0 Å². The van der Waals surface area contributed by atoms with E-state index in [1.807, 2.05) is 0 Å². The second-order valence-electron chi connectivity index (χ2n) is 5.05. The van der Waals surface area contributed by atoms with Crippen LogP contribution in [0.25, 0.3) is 0 Å². The number of hydrazone groups is 1. The summed E-state index contributed by atoms with van der Waals surface area (Å²) in [6.07, 6.45) is 1.77. The maximum atomic E-state index is 10.7. The Morgan fingerprint density at radius 3 is 2.19 bits per heavy atom. The third kappa shape index (κ3) is 3.69. The second kappa shape index (κ2) is 6.22. The Kier molecular flexibility index (Phi) is 4.38. The van der Waals surface area contributed by atoms with Crippen LogP contribution >= 0.6 is 0 Å². The molecule has 0 fully saturated rings. The lowest BCUT2D eigenvalue weighted by molar-refractivity contribution is -0.255. The fourth-order valence-corrected chi connectivity index (χ4v) is 2.25. The molecule has 0 aliphatic rings. The summed E-state index contributed by atoms with van der Waals surface area (Å²) < 4.78 is 0. The van der Waals surface area contributed by atoms with Gasteiger partial charge in [0.1, 0.15) is 0 Å². The highest BCUT2D eigenvalue weighted by Gasteiger charge is 2.01. The minimum absolute atomic E-state index is 0.148. The number of carbonyl (C=O) groups is 1. The van der Waals surface area contributed by atoms with E-state index in [2.05, 4.69) is 43.4 Å². The number of nitrogens with one attached hydrogen (secondary N) is 1. The Morgan fingerprint density at radius 1 is 1.10 bits per heavy atom. The fraction of sp³-hybridized carbons (Fsp3) is 0.176. The minimum atomic E-state index is -1.18. The molecule has 21 heavy (non-hydrogen) atoms. The molecule has 0 unspecified atom stereocenters. The van der Waals surface area contributed by atoms with Crippen molar-refractivity contribution in [2.45, 2.75) is 20.8 Å². The van der Waals surface area contributed by atoms with Gasteiger partial charge in [0.05, 0.1) is 17.9 Å². The molecule has 2 rings (SSSR count). The lowest BCUT2D eigenvalue weighted by Gasteiger charge is -2.07. The average molecular weight is 281 g/mol. The second-order valence-corrected chi connectivity index (χ2v) is 5.05. The summed E-state index contributed by atoms with van der Waals surface area (Å²) in [4.78, 5) is 10.7. The van der Waals surface area contributed by atoms with Crippen LogP contribution in [0.2, 0.25) is 0 Å². The highest BCUT2D eigenvalue weighted by Crippen LogP contribution is 2.14. The van der Waals surface area contributed by atoms with Crippen molar-refractivity contribution in [3.8, 4) is 0 Å². The molecule has 0 aliphatic carbocycles. The van der Waals surface area contributed by atoms with E-state index in [-0.39, 0.29) is 5.56 Å². The third-order valence-corrected chi connectivity index (χ3v) is 3.25. The number of rotatable bonds is 4. The third-order valence-electron chi connectivity index (χ3n) is 3.25. The average Bonchev–Trinajstić information content (AvgIpc) is 2.42. The first-order chi connectivity index (χ1) is 9.97. The van der Waals surface area contributed by atoms with Crippen LogP contribution in [0.1, 0.15) is 32.6 Å². The van der Waals surface area contributed by atoms with Gasteiger partial charge in [0.25, 0.3) is 0 Å². The number of anilines is 1. The van der Waals surface area contributed by atoms with Gasteiger partial charge in [0.15, 0.2) is 0 Å².